The molecule has 0 aliphatic heterocycles. The van der Waals surface area contributed by atoms with Crippen LogP contribution in [0.15, 0.2) is 6.33 Å². The Labute approximate surface area is 57.9 Å². The predicted octanol–water partition coefficient (Wildman–Crippen LogP) is 0.933. The molecule has 10 heavy (non-hydrogen) atoms. The molecule has 1 aromatic heterocycles. The molecule has 0 atom stereocenters. The molecule has 0 N–H and O–H groups in total. The molecule has 1 aromatic rings. The Kier molecular flexibility index (Phi) is 1.80. The number of ether oxygens (including phenoxy) is 1. The van der Waals surface area contributed by atoms with Crippen molar-refractivity contribution in [1.82, 2.24) is 9.97 Å². The van der Waals surface area contributed by atoms with E-state index in [0.717, 1.165) is 0 Å². The number of halogens is 1. The van der Waals surface area contributed by atoms with Gasteiger partial charge in [-0.3, -0.25) is 0 Å². The number of aryl methyl sites for hydroxylation is 1. The highest BCUT2D eigenvalue weighted by atomic mass is 19.1. The molecular formula is C6H7FN2O. The summed E-state index contributed by atoms with van der Waals surface area (Å²) in [7, 11) is 1.37. The minimum absolute atomic E-state index is 0.00694. The first-order valence-electron chi connectivity index (χ1n) is 2.76. The van der Waals surface area contributed by atoms with Gasteiger partial charge in [-0.25, -0.2) is 4.98 Å². The molecule has 0 radical (unpaired) electrons. The molecule has 0 fully saturated rings. The highest BCUT2D eigenvalue weighted by Gasteiger charge is 2.05. The first-order chi connectivity index (χ1) is 4.75. The van der Waals surface area contributed by atoms with E-state index in [-0.39, 0.29) is 5.88 Å². The van der Waals surface area contributed by atoms with Crippen molar-refractivity contribution in [2.24, 2.45) is 0 Å². The van der Waals surface area contributed by atoms with Crippen molar-refractivity contribution in [3.05, 3.63) is 17.8 Å². The molecule has 1 heterocycles. The number of rotatable bonds is 1. The fourth-order valence-corrected chi connectivity index (χ4v) is 0.578. The summed E-state index contributed by atoms with van der Waals surface area (Å²) >= 11 is 0. The van der Waals surface area contributed by atoms with Gasteiger partial charge in [0.15, 0.2) is 0 Å². The highest BCUT2D eigenvalue weighted by Crippen LogP contribution is 2.12. The molecule has 4 heteroatoms. The maximum atomic E-state index is 12.8. The average Bonchev–Trinajstić information content (AvgIpc) is 1.95. The lowest BCUT2D eigenvalue weighted by molar-refractivity contribution is 0.365. The van der Waals surface area contributed by atoms with Crippen molar-refractivity contribution in [2.45, 2.75) is 6.92 Å². The second kappa shape index (κ2) is 2.60. The van der Waals surface area contributed by atoms with E-state index in [1.54, 1.807) is 6.92 Å². The van der Waals surface area contributed by atoms with Gasteiger partial charge in [0.05, 0.1) is 12.8 Å². The Morgan fingerprint density at radius 1 is 1.50 bits per heavy atom. The number of nitrogens with zero attached hydrogens (tertiary/aromatic N) is 2. The third kappa shape index (κ3) is 1.05. The molecule has 3 nitrogen and oxygen atoms in total. The van der Waals surface area contributed by atoms with Gasteiger partial charge in [0.2, 0.25) is 5.82 Å². The van der Waals surface area contributed by atoms with Crippen molar-refractivity contribution in [3.63, 3.8) is 0 Å². The van der Waals surface area contributed by atoms with Crippen molar-refractivity contribution in [2.75, 3.05) is 7.11 Å². The van der Waals surface area contributed by atoms with E-state index < -0.39 is 5.82 Å². The van der Waals surface area contributed by atoms with E-state index in [0.29, 0.717) is 5.69 Å². The Balaban J connectivity index is 3.14. The Hall–Kier alpha value is -1.19. The number of hydrogen-bond donors (Lipinski definition) is 0. The average molecular weight is 142 g/mol. The van der Waals surface area contributed by atoms with Gasteiger partial charge < -0.3 is 4.74 Å². The van der Waals surface area contributed by atoms with E-state index in [1.807, 2.05) is 0 Å². The van der Waals surface area contributed by atoms with Crippen LogP contribution >= 0.6 is 0 Å². The van der Waals surface area contributed by atoms with E-state index in [4.69, 9.17) is 0 Å². The van der Waals surface area contributed by atoms with Crippen LogP contribution in [0.1, 0.15) is 5.69 Å². The quantitative estimate of drug-likeness (QED) is 0.585. The van der Waals surface area contributed by atoms with Gasteiger partial charge >= 0.3 is 0 Å². The topological polar surface area (TPSA) is 35.0 Å². The summed E-state index contributed by atoms with van der Waals surface area (Å²) in [6.07, 6.45) is 1.26. The van der Waals surface area contributed by atoms with Crippen molar-refractivity contribution < 1.29 is 9.13 Å². The maximum Gasteiger partial charge on any atom is 0.253 e. The van der Waals surface area contributed by atoms with Crippen molar-refractivity contribution >= 4 is 0 Å². The molecule has 54 valence electrons. The van der Waals surface area contributed by atoms with Crippen LogP contribution in [0, 0.1) is 12.7 Å². The number of hydrogen-bond acceptors (Lipinski definition) is 3. The zero-order valence-electron chi connectivity index (χ0n) is 5.76. The molecule has 1 rings (SSSR count). The zero-order valence-corrected chi connectivity index (χ0v) is 5.76. The van der Waals surface area contributed by atoms with Crippen LogP contribution in [0.5, 0.6) is 5.88 Å². The molecule has 0 saturated carbocycles. The van der Waals surface area contributed by atoms with Gasteiger partial charge in [0, 0.05) is 0 Å². The van der Waals surface area contributed by atoms with Crippen molar-refractivity contribution in [1.29, 1.82) is 0 Å². The summed E-state index contributed by atoms with van der Waals surface area (Å²) in [4.78, 5) is 7.17. The van der Waals surface area contributed by atoms with Gasteiger partial charge in [-0.15, -0.1) is 0 Å². The second-order valence-corrected chi connectivity index (χ2v) is 1.78. The third-order valence-electron chi connectivity index (χ3n) is 1.13. The van der Waals surface area contributed by atoms with Gasteiger partial charge in [-0.2, -0.15) is 9.37 Å². The summed E-state index contributed by atoms with van der Waals surface area (Å²) in [5.41, 5.74) is 0.298. The minimum atomic E-state index is -0.495. The normalized spacial score (nSPS) is 9.50. The van der Waals surface area contributed by atoms with Crippen LogP contribution in [0.3, 0.4) is 0 Å². The summed E-state index contributed by atoms with van der Waals surface area (Å²) in [5, 5.41) is 0. The smallest absolute Gasteiger partial charge is 0.253 e. The van der Waals surface area contributed by atoms with Crippen LogP contribution in [0.2, 0.25) is 0 Å². The van der Waals surface area contributed by atoms with E-state index >= 15 is 0 Å². The molecule has 0 amide bonds. The first-order valence-corrected chi connectivity index (χ1v) is 2.76. The van der Waals surface area contributed by atoms with Gasteiger partial charge in [-0.1, -0.05) is 0 Å². The fraction of sp³-hybridized carbons (Fsp3) is 0.333. The number of methoxy groups -OCH3 is 1. The lowest BCUT2D eigenvalue weighted by Gasteiger charge is -1.99. The SMILES string of the molecule is COc1ncnc(C)c1F. The Morgan fingerprint density at radius 2 is 2.20 bits per heavy atom. The standard InChI is InChI=1S/C6H7FN2O/c1-4-5(7)6(10-2)9-3-8-4/h3H,1-2H3. The Bertz CT molecular complexity index is 239. The molecule has 0 unspecified atom stereocenters. The third-order valence-corrected chi connectivity index (χ3v) is 1.13. The monoisotopic (exact) mass is 142 g/mol. The molecule has 0 spiro atoms. The molecule has 0 aliphatic rings. The van der Waals surface area contributed by atoms with Crippen LogP contribution < -0.4 is 4.74 Å². The molecule has 0 aliphatic carbocycles. The van der Waals surface area contributed by atoms with Crippen LogP contribution in [0.4, 0.5) is 4.39 Å². The van der Waals surface area contributed by atoms with E-state index in [2.05, 4.69) is 14.7 Å². The largest absolute Gasteiger partial charge is 0.479 e. The lowest BCUT2D eigenvalue weighted by atomic mass is 10.4. The summed E-state index contributed by atoms with van der Waals surface area (Å²) in [6.45, 7) is 1.56. The number of aromatic nitrogens is 2. The fourth-order valence-electron chi connectivity index (χ4n) is 0.578. The predicted molar refractivity (Wildman–Crippen MR) is 33.3 cm³/mol. The van der Waals surface area contributed by atoms with Crippen molar-refractivity contribution in [3.8, 4) is 5.88 Å². The highest BCUT2D eigenvalue weighted by molar-refractivity contribution is 5.15. The van der Waals surface area contributed by atoms with Gasteiger partial charge in [-0.05, 0) is 6.92 Å². The molecular weight excluding hydrogens is 135 g/mol. The van der Waals surface area contributed by atoms with E-state index in [9.17, 15) is 4.39 Å². The van der Waals surface area contributed by atoms with E-state index in [1.165, 1.54) is 13.4 Å². The lowest BCUT2D eigenvalue weighted by Crippen LogP contribution is -1.96. The molecule has 0 bridgehead atoms. The van der Waals surface area contributed by atoms with Crippen LogP contribution in [0.25, 0.3) is 0 Å². The summed E-state index contributed by atoms with van der Waals surface area (Å²) < 4.78 is 17.4. The van der Waals surface area contributed by atoms with Crippen LogP contribution in [-0.4, -0.2) is 17.1 Å². The molecule has 0 saturated heterocycles. The molecule has 0 aromatic carbocycles. The zero-order chi connectivity index (χ0) is 7.56. The van der Waals surface area contributed by atoms with Gasteiger partial charge in [0.1, 0.15) is 6.33 Å². The first kappa shape index (κ1) is 6.92. The summed E-state index contributed by atoms with van der Waals surface area (Å²) in [5.74, 6) is -0.502. The minimum Gasteiger partial charge on any atom is -0.479 e. The maximum absolute atomic E-state index is 12.8. The second-order valence-electron chi connectivity index (χ2n) is 1.78. The van der Waals surface area contributed by atoms with Gasteiger partial charge in [0.25, 0.3) is 5.88 Å². The summed E-state index contributed by atoms with van der Waals surface area (Å²) in [6, 6.07) is 0. The van der Waals surface area contributed by atoms with Crippen LogP contribution in [-0.2, 0) is 0 Å². The Morgan fingerprint density at radius 3 is 2.70 bits per heavy atom.